The van der Waals surface area contributed by atoms with Crippen molar-refractivity contribution in [3.63, 3.8) is 0 Å². The Morgan fingerprint density at radius 2 is 1.64 bits per heavy atom. The lowest BCUT2D eigenvalue weighted by Gasteiger charge is -2.23. The van der Waals surface area contributed by atoms with Crippen LogP contribution >= 0.6 is 34.7 Å². The topological polar surface area (TPSA) is 111 Å². The molecular weight excluding hydrogens is 658 g/mol. The average molecular weight is 686 g/mol. The highest BCUT2D eigenvalue weighted by Crippen LogP contribution is 2.45. The van der Waals surface area contributed by atoms with E-state index in [9.17, 15) is 14.7 Å². The van der Waals surface area contributed by atoms with E-state index in [2.05, 4.69) is 10.2 Å². The number of hydrogen-bond acceptors (Lipinski definition) is 10. The Bertz CT molecular complexity index is 1930. The molecule has 9 nitrogen and oxygen atoms in total. The average Bonchev–Trinajstić information content (AvgIpc) is 3.68. The van der Waals surface area contributed by atoms with Crippen molar-refractivity contribution in [1.29, 1.82) is 0 Å². The van der Waals surface area contributed by atoms with Crippen LogP contribution in [-0.4, -0.2) is 41.2 Å². The Labute approximate surface area is 284 Å². The second-order valence-corrected chi connectivity index (χ2v) is 13.0. The third kappa shape index (κ3) is 6.97. The summed E-state index contributed by atoms with van der Waals surface area (Å²) in [6.07, 6.45) is 0. The van der Waals surface area contributed by atoms with Gasteiger partial charge in [-0.15, -0.1) is 10.2 Å². The van der Waals surface area contributed by atoms with Crippen molar-refractivity contribution in [3.05, 3.63) is 130 Å². The van der Waals surface area contributed by atoms with Crippen molar-refractivity contribution in [2.45, 2.75) is 22.7 Å². The van der Waals surface area contributed by atoms with E-state index in [4.69, 9.17) is 25.8 Å². The fraction of sp³-hybridized carbons (Fsp3) is 0.143. The van der Waals surface area contributed by atoms with Gasteiger partial charge in [0.1, 0.15) is 18.1 Å². The van der Waals surface area contributed by atoms with Crippen LogP contribution in [-0.2, 0) is 21.9 Å². The number of ketones is 1. The molecule has 0 saturated carbocycles. The summed E-state index contributed by atoms with van der Waals surface area (Å²) in [5.74, 6) is 0.0355. The fourth-order valence-corrected chi connectivity index (χ4v) is 6.99. The van der Waals surface area contributed by atoms with Crippen LogP contribution < -0.4 is 19.1 Å². The van der Waals surface area contributed by atoms with Crippen LogP contribution in [0.1, 0.15) is 28.3 Å². The van der Waals surface area contributed by atoms with Gasteiger partial charge < -0.3 is 19.3 Å². The molecule has 1 aliphatic heterocycles. The van der Waals surface area contributed by atoms with Crippen molar-refractivity contribution >= 4 is 57.3 Å². The van der Waals surface area contributed by atoms with Crippen molar-refractivity contribution in [2.75, 3.05) is 19.1 Å². The van der Waals surface area contributed by atoms with E-state index in [1.165, 1.54) is 42.2 Å². The summed E-state index contributed by atoms with van der Waals surface area (Å²) in [4.78, 5) is 28.7. The van der Waals surface area contributed by atoms with Crippen LogP contribution in [0.2, 0.25) is 5.02 Å². The maximum Gasteiger partial charge on any atom is 0.301 e. The Balaban J connectivity index is 1.38. The Kier molecular flexibility index (Phi) is 9.76. The van der Waals surface area contributed by atoms with Gasteiger partial charge in [-0.05, 0) is 65.2 Å². The second-order valence-electron chi connectivity index (χ2n) is 10.3. The molecule has 1 N–H and O–H groups in total. The summed E-state index contributed by atoms with van der Waals surface area (Å²) in [5.41, 5.74) is 2.78. The van der Waals surface area contributed by atoms with E-state index in [1.54, 1.807) is 42.5 Å². The maximum atomic E-state index is 13.7. The minimum Gasteiger partial charge on any atom is -0.507 e. The minimum absolute atomic E-state index is 0.0919. The van der Waals surface area contributed by atoms with Crippen molar-refractivity contribution in [3.8, 4) is 17.2 Å². The predicted molar refractivity (Wildman–Crippen MR) is 182 cm³/mol. The molecule has 1 fully saturated rings. The number of thioether (sulfide) groups is 1. The summed E-state index contributed by atoms with van der Waals surface area (Å²) in [6.45, 7) is 0.313. The van der Waals surface area contributed by atoms with Gasteiger partial charge in [-0.2, -0.15) is 0 Å². The fourth-order valence-electron chi connectivity index (χ4n) is 5.04. The second kappa shape index (κ2) is 14.3. The van der Waals surface area contributed by atoms with Crippen molar-refractivity contribution < 1.29 is 28.9 Å². The zero-order chi connectivity index (χ0) is 32.9. The van der Waals surface area contributed by atoms with Crippen LogP contribution in [0.4, 0.5) is 5.13 Å². The Morgan fingerprint density at radius 1 is 0.894 bits per heavy atom. The number of methoxy groups -OCH3 is 2. The minimum atomic E-state index is -1.03. The number of nitrogens with zero attached hydrogens (tertiary/aromatic N) is 3. The van der Waals surface area contributed by atoms with Gasteiger partial charge in [0.2, 0.25) is 5.13 Å². The molecular formula is C35H28ClN3O6S2. The molecule has 2 heterocycles. The number of carbonyl (C=O) groups excluding carboxylic acids is 2. The van der Waals surface area contributed by atoms with Crippen LogP contribution in [0.3, 0.4) is 0 Å². The number of anilines is 1. The zero-order valence-electron chi connectivity index (χ0n) is 25.3. The summed E-state index contributed by atoms with van der Waals surface area (Å²) in [7, 11) is 3.04. The number of ether oxygens (including phenoxy) is 3. The van der Waals surface area contributed by atoms with E-state index in [0.717, 1.165) is 11.1 Å². The largest absolute Gasteiger partial charge is 0.507 e. The number of aliphatic hydroxyl groups is 1. The SMILES string of the molecule is COc1ccc(/C(O)=C2/C(=O)C(=O)N(c3nnc(SCc4ccc(Cl)cc4)s3)C2c2ccc(OCc3ccccc3)c(OC)c2)cc1. The van der Waals surface area contributed by atoms with E-state index in [1.807, 2.05) is 54.6 Å². The number of halogens is 1. The number of amides is 1. The van der Waals surface area contributed by atoms with Crippen LogP contribution in [0.15, 0.2) is 107 Å². The van der Waals surface area contributed by atoms with Gasteiger partial charge in [-0.3, -0.25) is 14.5 Å². The van der Waals surface area contributed by atoms with Crippen LogP contribution in [0, 0.1) is 0 Å². The lowest BCUT2D eigenvalue weighted by Crippen LogP contribution is -2.29. The molecule has 47 heavy (non-hydrogen) atoms. The molecule has 1 aromatic heterocycles. The van der Waals surface area contributed by atoms with Gasteiger partial charge >= 0.3 is 5.91 Å². The molecule has 1 aliphatic rings. The first-order valence-corrected chi connectivity index (χ1v) is 16.5. The number of aliphatic hydroxyl groups excluding tert-OH is 1. The number of Topliss-reactive ketones (excluding diaryl/α,β-unsaturated/α-hetero) is 1. The Morgan fingerprint density at radius 3 is 2.34 bits per heavy atom. The van der Waals surface area contributed by atoms with Gasteiger partial charge in [0.05, 0.1) is 25.8 Å². The van der Waals surface area contributed by atoms with E-state index in [-0.39, 0.29) is 16.5 Å². The van der Waals surface area contributed by atoms with E-state index >= 15 is 0 Å². The number of benzene rings is 4. The number of rotatable bonds is 11. The number of aromatic nitrogens is 2. The normalized spacial score (nSPS) is 15.6. The summed E-state index contributed by atoms with van der Waals surface area (Å²) in [6, 6.07) is 27.9. The number of carbonyl (C=O) groups is 2. The highest BCUT2D eigenvalue weighted by Gasteiger charge is 2.48. The standard InChI is InChI=1S/C35H28ClN3O6S2/c1-43-26-15-10-23(11-16-26)31(40)29-30(24-12-17-27(28(18-24)44-2)45-19-21-6-4-3-5-7-21)39(33(42)32(29)41)34-37-38-35(47-34)46-20-22-8-13-25(36)14-9-22/h3-18,30,40H,19-20H2,1-2H3/b31-29-. The highest BCUT2D eigenvalue weighted by atomic mass is 35.5. The summed E-state index contributed by atoms with van der Waals surface area (Å²) >= 11 is 8.64. The monoisotopic (exact) mass is 685 g/mol. The first kappa shape index (κ1) is 32.1. The van der Waals surface area contributed by atoms with Gasteiger partial charge in [-0.25, -0.2) is 0 Å². The molecule has 0 radical (unpaired) electrons. The van der Waals surface area contributed by atoms with Gasteiger partial charge in [0.25, 0.3) is 5.78 Å². The first-order valence-electron chi connectivity index (χ1n) is 14.4. The lowest BCUT2D eigenvalue weighted by atomic mass is 9.95. The van der Waals surface area contributed by atoms with Gasteiger partial charge in [0.15, 0.2) is 15.8 Å². The quantitative estimate of drug-likeness (QED) is 0.0491. The third-order valence-electron chi connectivity index (χ3n) is 7.43. The molecule has 1 saturated heterocycles. The molecule has 1 atom stereocenters. The van der Waals surface area contributed by atoms with E-state index < -0.39 is 17.7 Å². The van der Waals surface area contributed by atoms with E-state index in [0.29, 0.717) is 50.1 Å². The molecule has 4 aromatic carbocycles. The first-order chi connectivity index (χ1) is 22.9. The summed E-state index contributed by atoms with van der Waals surface area (Å²) in [5, 5.41) is 21.0. The summed E-state index contributed by atoms with van der Waals surface area (Å²) < 4.78 is 17.6. The smallest absolute Gasteiger partial charge is 0.301 e. The molecule has 12 heteroatoms. The van der Waals surface area contributed by atoms with Crippen LogP contribution in [0.25, 0.3) is 5.76 Å². The molecule has 238 valence electrons. The Hall–Kier alpha value is -4.84. The third-order valence-corrected chi connectivity index (χ3v) is 9.80. The highest BCUT2D eigenvalue weighted by molar-refractivity contribution is 8.00. The molecule has 6 rings (SSSR count). The molecule has 5 aromatic rings. The maximum absolute atomic E-state index is 13.7. The van der Waals surface area contributed by atoms with Gasteiger partial charge in [-0.1, -0.05) is 83.2 Å². The van der Waals surface area contributed by atoms with Gasteiger partial charge in [0, 0.05) is 16.3 Å². The molecule has 0 aliphatic carbocycles. The number of hydrogen-bond donors (Lipinski definition) is 1. The predicted octanol–water partition coefficient (Wildman–Crippen LogP) is 7.71. The van der Waals surface area contributed by atoms with Crippen molar-refractivity contribution in [2.24, 2.45) is 0 Å². The molecule has 0 bridgehead atoms. The zero-order valence-corrected chi connectivity index (χ0v) is 27.6. The molecule has 1 amide bonds. The molecule has 0 spiro atoms. The lowest BCUT2D eigenvalue weighted by molar-refractivity contribution is -0.132. The van der Waals surface area contributed by atoms with Crippen LogP contribution in [0.5, 0.6) is 17.2 Å². The molecule has 1 unspecified atom stereocenters. The van der Waals surface area contributed by atoms with Crippen molar-refractivity contribution in [1.82, 2.24) is 10.2 Å².